The van der Waals surface area contributed by atoms with Crippen molar-refractivity contribution in [1.29, 1.82) is 0 Å². The van der Waals surface area contributed by atoms with Crippen LogP contribution < -0.4 is 48.7 Å². The maximum Gasteiger partial charge on any atom is 0.326 e. The highest BCUT2D eigenvalue weighted by Gasteiger charge is 2.45. The molecule has 30 heteroatoms. The van der Waals surface area contributed by atoms with E-state index in [9.17, 15) is 78.0 Å². The van der Waals surface area contributed by atoms with Crippen molar-refractivity contribution in [2.75, 3.05) is 31.1 Å². The van der Waals surface area contributed by atoms with Gasteiger partial charge in [0.15, 0.2) is 5.96 Å². The zero-order valence-electron chi connectivity index (χ0n) is 49.3. The van der Waals surface area contributed by atoms with Gasteiger partial charge in [-0.2, -0.15) is 23.5 Å². The molecule has 3 heterocycles. The Morgan fingerprint density at radius 1 is 0.705 bits per heavy atom. The molecule has 0 saturated carbocycles. The minimum atomic E-state index is -1.90. The van der Waals surface area contributed by atoms with Gasteiger partial charge in [-0.25, -0.2) is 4.79 Å². The lowest BCUT2D eigenvalue weighted by atomic mass is 10.0. The molecule has 3 aliphatic heterocycles. The Labute approximate surface area is 518 Å². The third-order valence-electron chi connectivity index (χ3n) is 14.9. The van der Waals surface area contributed by atoms with Crippen LogP contribution in [0.4, 0.5) is 0 Å². The quantitative estimate of drug-likeness (QED) is 0.0391. The number of unbranched alkanes of at least 4 members (excludes halogenated alkanes) is 2. The number of benzene rings is 2. The van der Waals surface area contributed by atoms with Gasteiger partial charge < -0.3 is 78.9 Å². The second-order valence-corrected chi connectivity index (χ2v) is 23.9. The molecule has 2 aromatic carbocycles. The highest BCUT2D eigenvalue weighted by Crippen LogP contribution is 2.27. The Hall–Kier alpha value is -7.99. The molecule has 9 amide bonds. The molecule has 0 aliphatic carbocycles. The Morgan fingerprint density at radius 2 is 1.34 bits per heavy atom. The lowest BCUT2D eigenvalue weighted by Gasteiger charge is -2.33. The Bertz CT molecular complexity index is 2830. The second-order valence-electron chi connectivity index (χ2n) is 21.8. The van der Waals surface area contributed by atoms with Gasteiger partial charge >= 0.3 is 17.9 Å². The molecule has 5 rings (SSSR count). The van der Waals surface area contributed by atoms with Crippen LogP contribution >= 0.6 is 23.5 Å². The number of carbonyl (C=O) groups excluding carboxylic acids is 9. The molecular weight excluding hydrogens is 1180 g/mol. The van der Waals surface area contributed by atoms with Crippen molar-refractivity contribution in [3.63, 3.8) is 0 Å². The van der Waals surface area contributed by atoms with Crippen molar-refractivity contribution in [3.05, 3.63) is 71.3 Å². The smallest absolute Gasteiger partial charge is 0.326 e. The zero-order chi connectivity index (χ0) is 64.5. The summed E-state index contributed by atoms with van der Waals surface area (Å²) in [5.74, 6) is -12.0. The fourth-order valence-corrected chi connectivity index (χ4v) is 12.3. The summed E-state index contributed by atoms with van der Waals surface area (Å²) in [7, 11) is 0. The fraction of sp³-hybridized carbons (Fsp3) is 0.569. The van der Waals surface area contributed by atoms with Gasteiger partial charge in [0, 0.05) is 61.9 Å². The van der Waals surface area contributed by atoms with Crippen molar-refractivity contribution in [2.24, 2.45) is 16.5 Å². The molecule has 88 heavy (non-hydrogen) atoms. The summed E-state index contributed by atoms with van der Waals surface area (Å²) in [5, 5.41) is 58.2. The van der Waals surface area contributed by atoms with Gasteiger partial charge in [-0.1, -0.05) is 74.4 Å². The summed E-state index contributed by atoms with van der Waals surface area (Å²) in [5.41, 5.74) is 12.7. The molecule has 10 atom stereocenters. The monoisotopic (exact) mass is 1270 g/mol. The molecule has 2 fully saturated rings. The number of hydrogen-bond donors (Lipinski definition) is 13. The van der Waals surface area contributed by atoms with Gasteiger partial charge in [-0.15, -0.1) is 0 Å². The number of rotatable bonds is 22. The molecule has 0 unspecified atom stereocenters. The van der Waals surface area contributed by atoms with Crippen LogP contribution in [0.3, 0.4) is 0 Å². The summed E-state index contributed by atoms with van der Waals surface area (Å²) in [4.78, 5) is 171. The number of aliphatic imine (C=N–C) groups is 1. The van der Waals surface area contributed by atoms with E-state index >= 15 is 0 Å². The average molecular weight is 1270 g/mol. The average Bonchev–Trinajstić information content (AvgIpc) is 2.79. The molecule has 482 valence electrons. The van der Waals surface area contributed by atoms with E-state index in [1.54, 1.807) is 42.5 Å². The molecule has 15 N–H and O–H groups in total. The number of carbonyl (C=O) groups is 12. The van der Waals surface area contributed by atoms with E-state index in [4.69, 9.17) is 11.5 Å². The number of nitrogens with one attached hydrogen (secondary N) is 7. The van der Waals surface area contributed by atoms with Crippen LogP contribution in [0.1, 0.15) is 114 Å². The zero-order valence-corrected chi connectivity index (χ0v) is 51.0. The molecule has 28 nitrogen and oxygen atoms in total. The van der Waals surface area contributed by atoms with Crippen LogP contribution in [0.25, 0.3) is 0 Å². The van der Waals surface area contributed by atoms with Crippen LogP contribution in [0.5, 0.6) is 0 Å². The Morgan fingerprint density at radius 3 is 1.97 bits per heavy atom. The molecule has 2 bridgehead atoms. The highest BCUT2D eigenvalue weighted by molar-refractivity contribution is 7.98. The number of aliphatic hydroxyl groups excluding tert-OH is 1. The summed E-state index contributed by atoms with van der Waals surface area (Å²) in [6.45, 7) is 3.49. The third kappa shape index (κ3) is 22.6. The third-order valence-corrected chi connectivity index (χ3v) is 17.1. The maximum absolute atomic E-state index is 14.7. The molecular formula is C58H82N12O16S2. The Balaban J connectivity index is 1.54. The van der Waals surface area contributed by atoms with Crippen molar-refractivity contribution in [1.82, 2.24) is 47.0 Å². The van der Waals surface area contributed by atoms with E-state index < -0.39 is 145 Å². The number of hydrogen-bond acceptors (Lipinski definition) is 16. The second kappa shape index (κ2) is 35.7. The highest BCUT2D eigenvalue weighted by atomic mass is 32.2. The lowest BCUT2D eigenvalue weighted by molar-refractivity contribution is -0.148. The van der Waals surface area contributed by atoms with Gasteiger partial charge in [0.05, 0.1) is 12.5 Å². The van der Waals surface area contributed by atoms with Crippen molar-refractivity contribution >= 4 is 101 Å². The first-order chi connectivity index (χ1) is 41.9. The van der Waals surface area contributed by atoms with Crippen LogP contribution in [-0.4, -0.2) is 199 Å². The number of nitrogens with two attached hydrogens (primary N) is 2. The van der Waals surface area contributed by atoms with E-state index in [-0.39, 0.29) is 87.3 Å². The molecule has 0 spiro atoms. The molecule has 0 radical (unpaired) electrons. The van der Waals surface area contributed by atoms with Gasteiger partial charge in [-0.3, -0.25) is 57.7 Å². The van der Waals surface area contributed by atoms with Gasteiger partial charge in [-0.05, 0) is 75.0 Å². The van der Waals surface area contributed by atoms with E-state index in [0.29, 0.717) is 30.6 Å². The number of thioether (sulfide) groups is 2. The minimum Gasteiger partial charge on any atom is -0.481 e. The number of nitrogens with zero attached hydrogens (tertiary/aromatic N) is 3. The summed E-state index contributed by atoms with van der Waals surface area (Å²) >= 11 is 2.49. The number of carboxylic acid groups (broad SMARTS) is 3. The largest absolute Gasteiger partial charge is 0.481 e. The normalized spacial score (nSPS) is 22.9. The first kappa shape index (κ1) is 70.8. The summed E-state index contributed by atoms with van der Waals surface area (Å²) in [6, 6.07) is 2.09. The van der Waals surface area contributed by atoms with Gasteiger partial charge in [0.2, 0.25) is 53.2 Å². The van der Waals surface area contributed by atoms with Crippen LogP contribution in [0.15, 0.2) is 59.6 Å². The number of carboxylic acids is 3. The number of aliphatic carboxylic acids is 3. The molecule has 3 aliphatic rings. The summed E-state index contributed by atoms with van der Waals surface area (Å²) < 4.78 is 0. The van der Waals surface area contributed by atoms with Crippen LogP contribution in [-0.2, 0) is 75.5 Å². The Kier molecular flexibility index (Phi) is 28.7. The van der Waals surface area contributed by atoms with E-state index in [1.165, 1.54) is 28.5 Å². The standard InChI is InChI=1S/C58H82N12O16S2/c1-3-4-6-20-45(72)62-42-32-88-30-36-16-9-15-35(26-36)29-87-31-41(52(80)66-40(28-47(75)76)51(79)64-38(57(85)86)17-10-23-61-58(59)60)67-50(78)39(27-34-13-7-5-8-14-34)65-49(77)37(21-22-46(73)74)63-54(82)48(33(2)71)68-53(81)43-18-11-24-69(43)56(84)44-19-12-25-70(44)55(42)83/h5,7-9,13-16,26,33,37-44,48,71H,3-4,6,10-12,17-25,27-32H2,1-2H3,(H,62,72)(H,63,82)(H,64,79)(H,65,77)(H,66,80)(H,67,78)(H,68,81)(H,73,74)(H,75,76)(H,85,86)(H4,59,60,61)/t33-,37+,38+,39+,40+,41+,42+,43+,44+,48+/m1/s1. The topological polar surface area (TPSA) is 441 Å². The fourth-order valence-electron chi connectivity index (χ4n) is 10.3. The number of fused-ring (bicyclic) bond motifs is 4. The van der Waals surface area contributed by atoms with Gasteiger partial charge in [0.1, 0.15) is 54.4 Å². The number of guanidine groups is 1. The van der Waals surface area contributed by atoms with Crippen molar-refractivity contribution in [2.45, 2.75) is 176 Å². The molecule has 2 aromatic rings. The lowest BCUT2D eigenvalue weighted by Crippen LogP contribution is -2.62. The van der Waals surface area contributed by atoms with Crippen molar-refractivity contribution < 1.29 is 78.0 Å². The summed E-state index contributed by atoms with van der Waals surface area (Å²) in [6.07, 6.45) is -0.706. The van der Waals surface area contributed by atoms with Gasteiger partial charge in [0.25, 0.3) is 0 Å². The SMILES string of the molecule is CCCCCC(=O)N[C@H]1CSCc2cccc(c2)CSC[C@@H](C(=O)N[C@@H](CC(=O)O)C(=O)N[C@@H](CCCN=C(N)N)C(=O)O)NC(=O)[C@H](Cc2ccccc2)NC(=O)[C@H](CCC(=O)O)NC(=O)[C@H]([C@@H](C)O)NC(=O)[C@@H]2CCCN2C(=O)[C@@H]2CCCN2C1=O. The molecule has 2 saturated heterocycles. The minimum absolute atomic E-state index is 0.00167. The van der Waals surface area contributed by atoms with E-state index in [0.717, 1.165) is 35.7 Å². The first-order valence-corrected chi connectivity index (χ1v) is 31.7. The van der Waals surface area contributed by atoms with Crippen molar-refractivity contribution in [3.8, 4) is 0 Å². The number of amides is 9. The predicted octanol–water partition coefficient (Wildman–Crippen LogP) is -0.776. The first-order valence-electron chi connectivity index (χ1n) is 29.4. The van der Waals surface area contributed by atoms with Crippen LogP contribution in [0.2, 0.25) is 0 Å². The molecule has 0 aromatic heterocycles. The van der Waals surface area contributed by atoms with Crippen LogP contribution in [0, 0.1) is 0 Å². The predicted molar refractivity (Wildman–Crippen MR) is 324 cm³/mol. The van der Waals surface area contributed by atoms with E-state index in [2.05, 4.69) is 42.2 Å². The number of aliphatic hydroxyl groups is 1. The van der Waals surface area contributed by atoms with E-state index in [1.807, 2.05) is 19.1 Å². The maximum atomic E-state index is 14.7.